The second-order valence-electron chi connectivity index (χ2n) is 8.26. The van der Waals surface area contributed by atoms with E-state index in [9.17, 15) is 9.59 Å². The van der Waals surface area contributed by atoms with Crippen LogP contribution in [0.2, 0.25) is 0 Å². The van der Waals surface area contributed by atoms with Crippen LogP contribution < -0.4 is 10.9 Å². The molecule has 33 heavy (non-hydrogen) atoms. The molecular formula is C27H28N4O2. The van der Waals surface area contributed by atoms with E-state index in [-0.39, 0.29) is 17.2 Å². The summed E-state index contributed by atoms with van der Waals surface area (Å²) in [7, 11) is 1.80. The molecule has 168 valence electrons. The quantitative estimate of drug-likeness (QED) is 0.451. The van der Waals surface area contributed by atoms with Crippen molar-refractivity contribution in [2.45, 2.75) is 27.7 Å². The molecule has 1 N–H and O–H groups in total. The van der Waals surface area contributed by atoms with Gasteiger partial charge in [0.05, 0.1) is 11.4 Å². The van der Waals surface area contributed by atoms with Gasteiger partial charge in [0, 0.05) is 30.2 Å². The summed E-state index contributed by atoms with van der Waals surface area (Å²) in [6, 6.07) is 19.8. The zero-order chi connectivity index (χ0) is 23.7. The fraction of sp³-hybridized carbons (Fsp3) is 0.185. The number of nitrogens with zero attached hydrogens (tertiary/aromatic N) is 3. The number of hydrogen-bond acceptors (Lipinski definition) is 2. The molecule has 4 rings (SSSR count). The molecule has 6 heteroatoms. The van der Waals surface area contributed by atoms with Crippen molar-refractivity contribution >= 4 is 17.7 Å². The first-order valence-corrected chi connectivity index (χ1v) is 10.9. The first-order chi connectivity index (χ1) is 15.8. The first-order valence-electron chi connectivity index (χ1n) is 10.9. The number of rotatable bonds is 5. The maximum absolute atomic E-state index is 13.0. The van der Waals surface area contributed by atoms with Gasteiger partial charge < -0.3 is 9.88 Å². The Labute approximate surface area is 193 Å². The van der Waals surface area contributed by atoms with Gasteiger partial charge in [-0.2, -0.15) is 0 Å². The monoisotopic (exact) mass is 440 g/mol. The molecule has 0 aliphatic carbocycles. The molecule has 0 spiro atoms. The molecule has 0 radical (unpaired) electrons. The lowest BCUT2D eigenvalue weighted by atomic mass is 10.2. The molecule has 0 atom stereocenters. The van der Waals surface area contributed by atoms with Gasteiger partial charge >= 0.3 is 0 Å². The molecule has 6 nitrogen and oxygen atoms in total. The average molecular weight is 441 g/mol. The lowest BCUT2D eigenvalue weighted by Crippen LogP contribution is -2.22. The van der Waals surface area contributed by atoms with Crippen LogP contribution in [-0.4, -0.2) is 19.8 Å². The number of anilines is 1. The molecule has 4 aromatic rings. The van der Waals surface area contributed by atoms with Crippen LogP contribution in [0.3, 0.4) is 0 Å². The zero-order valence-corrected chi connectivity index (χ0v) is 19.6. The van der Waals surface area contributed by atoms with Crippen LogP contribution in [0.15, 0.2) is 71.5 Å². The molecule has 2 aromatic carbocycles. The van der Waals surface area contributed by atoms with Gasteiger partial charge in [0.1, 0.15) is 5.69 Å². The van der Waals surface area contributed by atoms with Gasteiger partial charge in [-0.1, -0.05) is 35.9 Å². The van der Waals surface area contributed by atoms with Gasteiger partial charge in [-0.05, 0) is 69.7 Å². The van der Waals surface area contributed by atoms with Crippen LogP contribution in [0, 0.1) is 27.7 Å². The van der Waals surface area contributed by atoms with Crippen LogP contribution in [0.1, 0.15) is 28.2 Å². The van der Waals surface area contributed by atoms with Crippen molar-refractivity contribution in [3.05, 3.63) is 105 Å². The Balaban J connectivity index is 1.58. The largest absolute Gasteiger partial charge is 0.318 e. The number of hydrogen-bond donors (Lipinski definition) is 1. The Morgan fingerprint density at radius 3 is 2.21 bits per heavy atom. The number of carbonyl (C=O) groups is 1. The van der Waals surface area contributed by atoms with E-state index in [1.807, 2.05) is 51.1 Å². The number of benzene rings is 2. The van der Waals surface area contributed by atoms with Crippen molar-refractivity contribution in [2.24, 2.45) is 7.05 Å². The Morgan fingerprint density at radius 2 is 1.55 bits per heavy atom. The van der Waals surface area contributed by atoms with Gasteiger partial charge in [0.15, 0.2) is 0 Å². The van der Waals surface area contributed by atoms with Gasteiger partial charge in [-0.15, -0.1) is 0 Å². The zero-order valence-electron chi connectivity index (χ0n) is 19.6. The Morgan fingerprint density at radius 1 is 0.879 bits per heavy atom. The minimum Gasteiger partial charge on any atom is -0.318 e. The molecule has 2 aromatic heterocycles. The fourth-order valence-electron chi connectivity index (χ4n) is 4.09. The van der Waals surface area contributed by atoms with E-state index in [0.717, 1.165) is 28.3 Å². The summed E-state index contributed by atoms with van der Waals surface area (Å²) in [6.45, 7) is 7.96. The third kappa shape index (κ3) is 4.20. The van der Waals surface area contributed by atoms with Crippen LogP contribution in [0.5, 0.6) is 0 Å². The maximum atomic E-state index is 13.0. The minimum absolute atomic E-state index is 0.263. The molecular weight excluding hydrogens is 412 g/mol. The summed E-state index contributed by atoms with van der Waals surface area (Å²) in [4.78, 5) is 25.7. The number of para-hydroxylation sites is 1. The maximum Gasteiger partial charge on any atom is 0.295 e. The number of amides is 1. The highest BCUT2D eigenvalue weighted by Gasteiger charge is 2.17. The van der Waals surface area contributed by atoms with Crippen LogP contribution >= 0.6 is 0 Å². The predicted molar refractivity (Wildman–Crippen MR) is 133 cm³/mol. The smallest absolute Gasteiger partial charge is 0.295 e. The highest BCUT2D eigenvalue weighted by Crippen LogP contribution is 2.22. The Kier molecular flexibility index (Phi) is 5.92. The molecule has 0 saturated heterocycles. The van der Waals surface area contributed by atoms with E-state index in [0.29, 0.717) is 5.69 Å². The van der Waals surface area contributed by atoms with Crippen molar-refractivity contribution in [3.8, 4) is 11.4 Å². The molecule has 0 aliphatic rings. The van der Waals surface area contributed by atoms with E-state index >= 15 is 0 Å². The van der Waals surface area contributed by atoms with E-state index in [1.54, 1.807) is 22.5 Å². The Hall–Kier alpha value is -4.06. The summed E-state index contributed by atoms with van der Waals surface area (Å²) in [5, 5.41) is 2.77. The molecule has 0 fully saturated rings. The number of carbonyl (C=O) groups excluding carboxylic acids is 1. The van der Waals surface area contributed by atoms with E-state index in [2.05, 4.69) is 47.1 Å². The molecule has 0 bridgehead atoms. The molecule has 0 aliphatic heterocycles. The normalized spacial score (nSPS) is 11.3. The van der Waals surface area contributed by atoms with E-state index < -0.39 is 0 Å². The topological polar surface area (TPSA) is 61.0 Å². The molecule has 1 amide bonds. The summed E-state index contributed by atoms with van der Waals surface area (Å²) >= 11 is 0. The van der Waals surface area contributed by atoms with E-state index in [1.165, 1.54) is 11.6 Å². The van der Waals surface area contributed by atoms with Crippen molar-refractivity contribution < 1.29 is 4.79 Å². The lowest BCUT2D eigenvalue weighted by Gasteiger charge is -2.09. The third-order valence-electron chi connectivity index (χ3n) is 5.98. The van der Waals surface area contributed by atoms with Crippen LogP contribution in [-0.2, 0) is 11.8 Å². The Bertz CT molecular complexity index is 1400. The third-order valence-corrected chi connectivity index (χ3v) is 5.98. The average Bonchev–Trinajstić information content (AvgIpc) is 3.20. The van der Waals surface area contributed by atoms with Gasteiger partial charge in [-0.25, -0.2) is 4.68 Å². The minimum atomic E-state index is -0.346. The summed E-state index contributed by atoms with van der Waals surface area (Å²) in [5.74, 6) is -0.346. The van der Waals surface area contributed by atoms with Crippen LogP contribution in [0.4, 0.5) is 5.69 Å². The van der Waals surface area contributed by atoms with Crippen molar-refractivity contribution in [2.75, 3.05) is 5.32 Å². The van der Waals surface area contributed by atoms with Crippen molar-refractivity contribution in [1.82, 2.24) is 13.9 Å². The lowest BCUT2D eigenvalue weighted by molar-refractivity contribution is -0.111. The highest BCUT2D eigenvalue weighted by atomic mass is 16.2. The summed E-state index contributed by atoms with van der Waals surface area (Å²) < 4.78 is 5.45. The summed E-state index contributed by atoms with van der Waals surface area (Å²) in [5.41, 5.74) is 6.82. The number of aromatic nitrogens is 3. The summed E-state index contributed by atoms with van der Waals surface area (Å²) in [6.07, 6.45) is 3.26. The standard InChI is InChI=1S/C27H28N4O2/c1-18-11-14-23(15-12-18)30-19(2)17-22(20(30)3)13-16-25(32)28-26-21(4)29(5)31(27(26)33)24-9-7-6-8-10-24/h6-17H,1-5H3,(H,28,32)/b16-13+. The van der Waals surface area contributed by atoms with Gasteiger partial charge in [0.2, 0.25) is 5.91 Å². The molecule has 0 unspecified atom stereocenters. The fourth-order valence-corrected chi connectivity index (χ4v) is 4.09. The second kappa shape index (κ2) is 8.82. The number of aryl methyl sites for hydroxylation is 2. The van der Waals surface area contributed by atoms with E-state index in [4.69, 9.17) is 0 Å². The second-order valence-corrected chi connectivity index (χ2v) is 8.26. The molecule has 2 heterocycles. The number of nitrogens with one attached hydrogen (secondary N) is 1. The SMILES string of the molecule is Cc1ccc(-n2c(C)cc(/C=C/C(=O)Nc3c(C)n(C)n(-c4ccccc4)c3=O)c2C)cc1. The van der Waals surface area contributed by atoms with Crippen molar-refractivity contribution in [3.63, 3.8) is 0 Å². The highest BCUT2D eigenvalue weighted by molar-refractivity contribution is 6.02. The molecule has 0 saturated carbocycles. The van der Waals surface area contributed by atoms with Crippen molar-refractivity contribution in [1.29, 1.82) is 0 Å². The van der Waals surface area contributed by atoms with Crippen LogP contribution in [0.25, 0.3) is 17.5 Å². The predicted octanol–water partition coefficient (Wildman–Crippen LogP) is 4.85. The van der Waals surface area contributed by atoms with Gasteiger partial charge in [-0.3, -0.25) is 14.3 Å². The first kappa shape index (κ1) is 22.1. The van der Waals surface area contributed by atoms with Gasteiger partial charge in [0.25, 0.3) is 5.56 Å².